The van der Waals surface area contributed by atoms with Crippen LogP contribution in [0.2, 0.25) is 0 Å². The second-order valence-corrected chi connectivity index (χ2v) is 7.52. The minimum atomic E-state index is -0.205. The topological polar surface area (TPSA) is 112 Å². The van der Waals surface area contributed by atoms with Crippen molar-refractivity contribution in [3.8, 4) is 11.1 Å². The Morgan fingerprint density at radius 1 is 1.19 bits per heavy atom. The van der Waals surface area contributed by atoms with Gasteiger partial charge in [0, 0.05) is 40.4 Å². The van der Waals surface area contributed by atoms with Crippen LogP contribution in [0.1, 0.15) is 34.2 Å². The summed E-state index contributed by atoms with van der Waals surface area (Å²) < 4.78 is 0. The van der Waals surface area contributed by atoms with E-state index in [1.54, 1.807) is 18.4 Å². The zero-order valence-electron chi connectivity index (χ0n) is 18.0. The molecule has 2 aromatic carbocycles. The first-order valence-electron chi connectivity index (χ1n) is 10.4. The van der Waals surface area contributed by atoms with Crippen LogP contribution in [0, 0.1) is 6.92 Å². The van der Waals surface area contributed by atoms with Crippen LogP contribution >= 0.6 is 0 Å². The molecule has 5 N–H and O–H groups in total. The lowest BCUT2D eigenvalue weighted by Crippen LogP contribution is -2.26. The number of carbonyl (C=O) groups is 2. The van der Waals surface area contributed by atoms with E-state index in [4.69, 9.17) is 5.73 Å². The number of hydrogen-bond acceptors (Lipinski definition) is 4. The highest BCUT2D eigenvalue weighted by Gasteiger charge is 2.26. The van der Waals surface area contributed by atoms with E-state index in [0.29, 0.717) is 46.9 Å². The molecule has 7 heteroatoms. The van der Waals surface area contributed by atoms with Gasteiger partial charge >= 0.3 is 0 Å². The Balaban J connectivity index is 1.83. The minimum Gasteiger partial charge on any atom is -0.399 e. The maximum Gasteiger partial charge on any atom is 0.256 e. The molecular weight excluding hydrogens is 402 g/mol. The third-order valence-electron chi connectivity index (χ3n) is 5.33. The fraction of sp³-hybridized carbons (Fsp3) is 0.160. The zero-order chi connectivity index (χ0) is 22.7. The maximum absolute atomic E-state index is 13.1. The van der Waals surface area contributed by atoms with E-state index in [9.17, 15) is 9.59 Å². The molecule has 1 aliphatic rings. The Bertz CT molecular complexity index is 1250. The van der Waals surface area contributed by atoms with Crippen molar-refractivity contribution in [2.24, 2.45) is 4.99 Å². The van der Waals surface area contributed by atoms with E-state index < -0.39 is 0 Å². The number of aryl methyl sites for hydroxylation is 1. The zero-order valence-corrected chi connectivity index (χ0v) is 18.0. The Morgan fingerprint density at radius 2 is 2.00 bits per heavy atom. The number of amides is 2. The number of carbonyl (C=O) groups excluding carboxylic acids is 2. The summed E-state index contributed by atoms with van der Waals surface area (Å²) in [5.41, 5.74) is 12.2. The van der Waals surface area contributed by atoms with Gasteiger partial charge in [-0.05, 0) is 49.9 Å². The molecule has 3 aromatic rings. The Hall–Kier alpha value is -4.13. The second-order valence-electron chi connectivity index (χ2n) is 7.52. The first kappa shape index (κ1) is 21.1. The van der Waals surface area contributed by atoms with Crippen LogP contribution in [0.3, 0.4) is 0 Å². The lowest BCUT2D eigenvalue weighted by molar-refractivity contribution is -0.110. The summed E-state index contributed by atoms with van der Waals surface area (Å²) in [6.45, 7) is 4.62. The predicted molar refractivity (Wildman–Crippen MR) is 130 cm³/mol. The number of nitrogens with two attached hydrogens (primary N) is 1. The summed E-state index contributed by atoms with van der Waals surface area (Å²) in [5.74, 6) is -0.385. The molecule has 0 saturated heterocycles. The van der Waals surface area contributed by atoms with Crippen LogP contribution < -0.4 is 16.4 Å². The number of hydrogen-bond donors (Lipinski definition) is 4. The number of nitrogens with zero attached hydrogens (tertiary/aromatic N) is 1. The fourth-order valence-corrected chi connectivity index (χ4v) is 3.91. The van der Waals surface area contributed by atoms with Crippen LogP contribution in [0.4, 0.5) is 11.4 Å². The van der Waals surface area contributed by atoms with Crippen molar-refractivity contribution in [3.63, 3.8) is 0 Å². The van der Waals surface area contributed by atoms with Crippen LogP contribution in [0.15, 0.2) is 53.5 Å². The molecule has 0 spiro atoms. The van der Waals surface area contributed by atoms with E-state index in [2.05, 4.69) is 20.6 Å². The van der Waals surface area contributed by atoms with Crippen LogP contribution in [-0.2, 0) is 4.79 Å². The smallest absolute Gasteiger partial charge is 0.256 e. The van der Waals surface area contributed by atoms with Gasteiger partial charge in [0.1, 0.15) is 0 Å². The molecule has 0 radical (unpaired) electrons. The molecule has 4 rings (SSSR count). The van der Waals surface area contributed by atoms with Gasteiger partial charge in [-0.15, -0.1) is 0 Å². The molecular formula is C25H25N5O2. The van der Waals surface area contributed by atoms with Crippen LogP contribution in [-0.4, -0.2) is 36.1 Å². The Kier molecular flexibility index (Phi) is 5.89. The van der Waals surface area contributed by atoms with Crippen molar-refractivity contribution < 1.29 is 9.59 Å². The molecule has 0 bridgehead atoms. The summed E-state index contributed by atoms with van der Waals surface area (Å²) in [4.78, 5) is 33.2. The molecule has 1 aromatic heterocycles. The number of H-pyrrole nitrogens is 1. The SMILES string of the molecule is CC=NCCNC(=O)c1c(C)[nH]c(/C=C2\C(=O)Nc3ccccc32)c1-c1cccc(N)c1. The van der Waals surface area contributed by atoms with Gasteiger partial charge in [-0.3, -0.25) is 14.6 Å². The summed E-state index contributed by atoms with van der Waals surface area (Å²) >= 11 is 0. The number of para-hydroxylation sites is 1. The molecule has 32 heavy (non-hydrogen) atoms. The van der Waals surface area contributed by atoms with E-state index >= 15 is 0 Å². The lowest BCUT2D eigenvalue weighted by atomic mass is 9.97. The number of aromatic amines is 1. The van der Waals surface area contributed by atoms with Gasteiger partial charge < -0.3 is 21.4 Å². The van der Waals surface area contributed by atoms with Crippen molar-refractivity contribution in [3.05, 3.63) is 71.0 Å². The monoisotopic (exact) mass is 427 g/mol. The fourth-order valence-electron chi connectivity index (χ4n) is 3.91. The van der Waals surface area contributed by atoms with Gasteiger partial charge in [-0.1, -0.05) is 30.3 Å². The summed E-state index contributed by atoms with van der Waals surface area (Å²) in [7, 11) is 0. The third-order valence-corrected chi connectivity index (χ3v) is 5.33. The van der Waals surface area contributed by atoms with E-state index in [1.165, 1.54) is 0 Å². The number of anilines is 2. The molecule has 0 fully saturated rings. The highest BCUT2D eigenvalue weighted by molar-refractivity contribution is 6.35. The van der Waals surface area contributed by atoms with Gasteiger partial charge in [-0.2, -0.15) is 0 Å². The van der Waals surface area contributed by atoms with Gasteiger partial charge in [0.05, 0.1) is 17.7 Å². The number of nitrogens with one attached hydrogen (secondary N) is 3. The molecule has 0 unspecified atom stereocenters. The van der Waals surface area contributed by atoms with E-state index in [1.807, 2.05) is 56.3 Å². The van der Waals surface area contributed by atoms with Crippen molar-refractivity contribution in [1.29, 1.82) is 0 Å². The number of rotatable bonds is 6. The first-order valence-corrected chi connectivity index (χ1v) is 10.4. The predicted octanol–water partition coefficient (Wildman–Crippen LogP) is 3.89. The largest absolute Gasteiger partial charge is 0.399 e. The molecule has 0 atom stereocenters. The molecule has 162 valence electrons. The Labute approximate surface area is 186 Å². The van der Waals surface area contributed by atoms with Crippen molar-refractivity contribution in [1.82, 2.24) is 10.3 Å². The van der Waals surface area contributed by atoms with E-state index in [0.717, 1.165) is 16.8 Å². The average molecular weight is 428 g/mol. The highest BCUT2D eigenvalue weighted by atomic mass is 16.2. The molecule has 1 aliphatic heterocycles. The second kappa shape index (κ2) is 8.93. The summed E-state index contributed by atoms with van der Waals surface area (Å²) in [6, 6.07) is 14.9. The number of nitrogen functional groups attached to an aromatic ring is 1. The highest BCUT2D eigenvalue weighted by Crippen LogP contribution is 2.37. The number of aromatic nitrogens is 1. The van der Waals surface area contributed by atoms with Gasteiger partial charge in [0.15, 0.2) is 0 Å². The lowest BCUT2D eigenvalue weighted by Gasteiger charge is -2.09. The molecule has 0 aliphatic carbocycles. The first-order chi connectivity index (χ1) is 15.5. The van der Waals surface area contributed by atoms with Gasteiger partial charge in [0.2, 0.25) is 0 Å². The van der Waals surface area contributed by atoms with E-state index in [-0.39, 0.29) is 11.8 Å². The van der Waals surface area contributed by atoms with Gasteiger partial charge in [0.25, 0.3) is 11.8 Å². The average Bonchev–Trinajstić information content (AvgIpc) is 3.27. The number of benzene rings is 2. The molecule has 7 nitrogen and oxygen atoms in total. The molecule has 2 heterocycles. The Morgan fingerprint density at radius 3 is 2.78 bits per heavy atom. The summed E-state index contributed by atoms with van der Waals surface area (Å²) in [5, 5.41) is 5.81. The minimum absolute atomic E-state index is 0.180. The maximum atomic E-state index is 13.1. The van der Waals surface area contributed by atoms with Crippen molar-refractivity contribution >= 4 is 41.1 Å². The number of fused-ring (bicyclic) bond motifs is 1. The van der Waals surface area contributed by atoms with Crippen molar-refractivity contribution in [2.75, 3.05) is 24.1 Å². The normalized spacial score (nSPS) is 14.1. The number of aliphatic imine (C=N–C) groups is 1. The molecule has 0 saturated carbocycles. The van der Waals surface area contributed by atoms with Crippen molar-refractivity contribution in [2.45, 2.75) is 13.8 Å². The quantitative estimate of drug-likeness (QED) is 0.207. The van der Waals surface area contributed by atoms with Crippen LogP contribution in [0.25, 0.3) is 22.8 Å². The third kappa shape index (κ3) is 4.05. The standard InChI is InChI=1S/C25H25N5O2/c1-3-27-11-12-28-25(32)22-15(2)29-21(23(22)16-7-6-8-17(26)13-16)14-19-18-9-4-5-10-20(18)30-24(19)31/h3-10,13-14,29H,11-12,26H2,1-2H3,(H,28,32)(H,30,31)/b19-14-,27-3?. The summed E-state index contributed by atoms with van der Waals surface area (Å²) in [6.07, 6.45) is 3.51. The molecule has 2 amide bonds. The van der Waals surface area contributed by atoms with Crippen LogP contribution in [0.5, 0.6) is 0 Å². The van der Waals surface area contributed by atoms with Gasteiger partial charge in [-0.25, -0.2) is 0 Å².